The molecule has 2 atom stereocenters. The van der Waals surface area contributed by atoms with Gasteiger partial charge in [-0.3, -0.25) is 0 Å². The molecule has 1 N–H and O–H groups in total. The summed E-state index contributed by atoms with van der Waals surface area (Å²) in [5.41, 5.74) is 4.63. The molecule has 1 aliphatic carbocycles. The average Bonchev–Trinajstić information content (AvgIpc) is 2.86. The van der Waals surface area contributed by atoms with E-state index in [-0.39, 0.29) is 0 Å². The highest BCUT2D eigenvalue weighted by Crippen LogP contribution is 2.30. The topological polar surface area (TPSA) is 15.3 Å². The first-order valence-corrected chi connectivity index (χ1v) is 7.89. The summed E-state index contributed by atoms with van der Waals surface area (Å²) < 4.78 is 0. The standard InChI is InChI=1S/C17H26N2/c1-3-18-16-9-10-19(13(2)11-16)17-8-7-14-5-4-6-15(14)12-17/h7-8,12-13,16,18H,3-6,9-11H2,1-2H3. The fourth-order valence-corrected chi connectivity index (χ4v) is 3.77. The van der Waals surface area contributed by atoms with Gasteiger partial charge in [-0.05, 0) is 68.8 Å². The third-order valence-corrected chi connectivity index (χ3v) is 4.78. The molecule has 1 aromatic carbocycles. The van der Waals surface area contributed by atoms with Crippen LogP contribution >= 0.6 is 0 Å². The van der Waals surface area contributed by atoms with Gasteiger partial charge in [0.2, 0.25) is 0 Å². The third kappa shape index (κ3) is 2.64. The van der Waals surface area contributed by atoms with Gasteiger partial charge in [-0.2, -0.15) is 0 Å². The van der Waals surface area contributed by atoms with Crippen molar-refractivity contribution in [2.75, 3.05) is 18.0 Å². The van der Waals surface area contributed by atoms with Gasteiger partial charge in [-0.25, -0.2) is 0 Å². The Bertz CT molecular complexity index is 441. The van der Waals surface area contributed by atoms with E-state index in [1.165, 1.54) is 44.3 Å². The third-order valence-electron chi connectivity index (χ3n) is 4.78. The average molecular weight is 258 g/mol. The summed E-state index contributed by atoms with van der Waals surface area (Å²) in [6.07, 6.45) is 6.45. The van der Waals surface area contributed by atoms with Gasteiger partial charge in [-0.1, -0.05) is 13.0 Å². The molecule has 1 aliphatic heterocycles. The number of fused-ring (bicyclic) bond motifs is 1. The van der Waals surface area contributed by atoms with E-state index in [2.05, 4.69) is 42.3 Å². The van der Waals surface area contributed by atoms with Crippen LogP contribution in [-0.4, -0.2) is 25.2 Å². The molecule has 2 nitrogen and oxygen atoms in total. The number of rotatable bonds is 3. The van der Waals surface area contributed by atoms with E-state index in [0.717, 1.165) is 6.54 Å². The summed E-state index contributed by atoms with van der Waals surface area (Å²) in [6.45, 7) is 6.86. The molecule has 1 aromatic rings. The Hall–Kier alpha value is -1.02. The zero-order chi connectivity index (χ0) is 13.2. The van der Waals surface area contributed by atoms with Gasteiger partial charge >= 0.3 is 0 Å². The second kappa shape index (κ2) is 5.54. The van der Waals surface area contributed by atoms with E-state index in [1.54, 1.807) is 11.1 Å². The van der Waals surface area contributed by atoms with Crippen molar-refractivity contribution in [1.82, 2.24) is 5.32 Å². The lowest BCUT2D eigenvalue weighted by atomic mass is 9.97. The lowest BCUT2D eigenvalue weighted by Gasteiger charge is -2.39. The molecule has 1 saturated heterocycles. The van der Waals surface area contributed by atoms with Gasteiger partial charge in [0.1, 0.15) is 0 Å². The first-order valence-electron chi connectivity index (χ1n) is 7.89. The Morgan fingerprint density at radius 1 is 1.26 bits per heavy atom. The van der Waals surface area contributed by atoms with Crippen molar-refractivity contribution in [1.29, 1.82) is 0 Å². The number of anilines is 1. The van der Waals surface area contributed by atoms with Crippen LogP contribution in [0.25, 0.3) is 0 Å². The highest BCUT2D eigenvalue weighted by molar-refractivity contribution is 5.53. The number of nitrogens with zero attached hydrogens (tertiary/aromatic N) is 1. The number of aryl methyl sites for hydroxylation is 2. The Morgan fingerprint density at radius 2 is 2.11 bits per heavy atom. The maximum Gasteiger partial charge on any atom is 0.0371 e. The van der Waals surface area contributed by atoms with Gasteiger partial charge in [0.05, 0.1) is 0 Å². The minimum absolute atomic E-state index is 0.650. The van der Waals surface area contributed by atoms with E-state index >= 15 is 0 Å². The summed E-state index contributed by atoms with van der Waals surface area (Å²) in [4.78, 5) is 2.60. The molecule has 1 heterocycles. The van der Waals surface area contributed by atoms with Crippen LogP contribution in [0.15, 0.2) is 18.2 Å². The number of nitrogens with one attached hydrogen (secondary N) is 1. The van der Waals surface area contributed by atoms with Crippen LogP contribution in [0, 0.1) is 0 Å². The molecule has 0 aromatic heterocycles. The predicted octanol–water partition coefficient (Wildman–Crippen LogP) is 3.14. The van der Waals surface area contributed by atoms with Gasteiger partial charge in [-0.15, -0.1) is 0 Å². The van der Waals surface area contributed by atoms with Crippen molar-refractivity contribution in [3.05, 3.63) is 29.3 Å². The van der Waals surface area contributed by atoms with Crippen molar-refractivity contribution in [2.45, 2.75) is 58.0 Å². The first kappa shape index (κ1) is 13.0. The van der Waals surface area contributed by atoms with Gasteiger partial charge in [0.15, 0.2) is 0 Å². The van der Waals surface area contributed by atoms with Crippen molar-refractivity contribution < 1.29 is 0 Å². The fraction of sp³-hybridized carbons (Fsp3) is 0.647. The van der Waals surface area contributed by atoms with Gasteiger partial charge < -0.3 is 10.2 Å². The SMILES string of the molecule is CCNC1CCN(c2ccc3c(c2)CCC3)C(C)C1. The summed E-state index contributed by atoms with van der Waals surface area (Å²) in [6, 6.07) is 8.52. The highest BCUT2D eigenvalue weighted by Gasteiger charge is 2.25. The van der Waals surface area contributed by atoms with E-state index in [0.29, 0.717) is 12.1 Å². The largest absolute Gasteiger partial charge is 0.369 e. The van der Waals surface area contributed by atoms with Crippen LogP contribution in [0.3, 0.4) is 0 Å². The lowest BCUT2D eigenvalue weighted by Crippen LogP contribution is -2.47. The van der Waals surface area contributed by atoms with Gasteiger partial charge in [0.25, 0.3) is 0 Å². The number of piperidine rings is 1. The van der Waals surface area contributed by atoms with Crippen LogP contribution in [0.1, 0.15) is 44.2 Å². The van der Waals surface area contributed by atoms with Crippen LogP contribution < -0.4 is 10.2 Å². The number of benzene rings is 1. The molecular formula is C17H26N2. The molecule has 0 bridgehead atoms. The Balaban J connectivity index is 1.72. The molecule has 0 radical (unpaired) electrons. The van der Waals surface area contributed by atoms with Crippen LogP contribution in [0.2, 0.25) is 0 Å². The summed E-state index contributed by atoms with van der Waals surface area (Å²) in [7, 11) is 0. The van der Waals surface area contributed by atoms with Crippen molar-refractivity contribution in [3.8, 4) is 0 Å². The molecule has 2 unspecified atom stereocenters. The molecule has 0 amide bonds. The summed E-state index contributed by atoms with van der Waals surface area (Å²) >= 11 is 0. The summed E-state index contributed by atoms with van der Waals surface area (Å²) in [5, 5.41) is 3.60. The van der Waals surface area contributed by atoms with Gasteiger partial charge in [0, 0.05) is 24.3 Å². The minimum atomic E-state index is 0.650. The number of hydrogen-bond donors (Lipinski definition) is 1. The van der Waals surface area contributed by atoms with E-state index in [4.69, 9.17) is 0 Å². The molecule has 1 fully saturated rings. The molecule has 104 valence electrons. The Labute approximate surface area is 117 Å². The normalized spacial score (nSPS) is 26.5. The first-order chi connectivity index (χ1) is 9.28. The van der Waals surface area contributed by atoms with E-state index in [9.17, 15) is 0 Å². The lowest BCUT2D eigenvalue weighted by molar-refractivity contribution is 0.374. The second-order valence-corrected chi connectivity index (χ2v) is 6.13. The minimum Gasteiger partial charge on any atom is -0.369 e. The molecular weight excluding hydrogens is 232 g/mol. The van der Waals surface area contributed by atoms with Crippen LogP contribution in [0.5, 0.6) is 0 Å². The molecule has 0 spiro atoms. The highest BCUT2D eigenvalue weighted by atomic mass is 15.2. The van der Waals surface area contributed by atoms with E-state index < -0.39 is 0 Å². The molecule has 19 heavy (non-hydrogen) atoms. The predicted molar refractivity (Wildman–Crippen MR) is 82.0 cm³/mol. The zero-order valence-corrected chi connectivity index (χ0v) is 12.3. The monoisotopic (exact) mass is 258 g/mol. The Kier molecular flexibility index (Phi) is 3.79. The van der Waals surface area contributed by atoms with Crippen LogP contribution in [-0.2, 0) is 12.8 Å². The van der Waals surface area contributed by atoms with Crippen molar-refractivity contribution in [3.63, 3.8) is 0 Å². The fourth-order valence-electron chi connectivity index (χ4n) is 3.77. The number of hydrogen-bond acceptors (Lipinski definition) is 2. The quantitative estimate of drug-likeness (QED) is 0.896. The maximum atomic E-state index is 3.60. The maximum absolute atomic E-state index is 3.60. The molecule has 0 saturated carbocycles. The van der Waals surface area contributed by atoms with Crippen LogP contribution in [0.4, 0.5) is 5.69 Å². The molecule has 3 rings (SSSR count). The van der Waals surface area contributed by atoms with Crippen molar-refractivity contribution in [2.24, 2.45) is 0 Å². The Morgan fingerprint density at radius 3 is 2.89 bits per heavy atom. The van der Waals surface area contributed by atoms with Crippen molar-refractivity contribution >= 4 is 5.69 Å². The smallest absolute Gasteiger partial charge is 0.0371 e. The second-order valence-electron chi connectivity index (χ2n) is 6.13. The summed E-state index contributed by atoms with van der Waals surface area (Å²) in [5.74, 6) is 0. The molecule has 2 aliphatic rings. The molecule has 2 heteroatoms. The zero-order valence-electron chi connectivity index (χ0n) is 12.3. The van der Waals surface area contributed by atoms with E-state index in [1.807, 2.05) is 0 Å².